The maximum absolute atomic E-state index is 12.7. The average molecular weight is 371 g/mol. The fourth-order valence-electron chi connectivity index (χ4n) is 3.17. The number of anilines is 1. The smallest absolute Gasteiger partial charge is 0.256 e. The van der Waals surface area contributed by atoms with E-state index in [0.29, 0.717) is 35.6 Å². The number of carbonyl (C=O) groups is 3. The molecule has 3 N–H and O–H groups in total. The Labute approximate surface area is 156 Å². The van der Waals surface area contributed by atoms with Crippen molar-refractivity contribution in [2.45, 2.75) is 33.7 Å². The molecule has 1 aliphatic rings. The average Bonchev–Trinajstić information content (AvgIpc) is 2.93. The van der Waals surface area contributed by atoms with Crippen molar-refractivity contribution in [2.24, 2.45) is 5.73 Å². The molecule has 2 aromatic rings. The van der Waals surface area contributed by atoms with Gasteiger partial charge in [-0.25, -0.2) is 0 Å². The van der Waals surface area contributed by atoms with E-state index in [2.05, 4.69) is 5.32 Å². The zero-order chi connectivity index (χ0) is 19.0. The minimum absolute atomic E-state index is 0.00866. The number of hydrogen-bond acceptors (Lipinski definition) is 4. The fraction of sp³-hybridized carbons (Fsp3) is 0.316. The zero-order valence-electron chi connectivity index (χ0n) is 15.0. The third-order valence-corrected chi connectivity index (χ3v) is 5.75. The summed E-state index contributed by atoms with van der Waals surface area (Å²) in [6, 6.07) is 5.66. The van der Waals surface area contributed by atoms with Crippen LogP contribution in [0.3, 0.4) is 0 Å². The number of nitrogens with one attached hydrogen (secondary N) is 1. The number of primary amides is 1. The molecule has 0 aliphatic carbocycles. The highest BCUT2D eigenvalue weighted by atomic mass is 32.1. The molecule has 0 atom stereocenters. The molecule has 1 aromatic carbocycles. The first-order chi connectivity index (χ1) is 12.3. The molecule has 6 nitrogen and oxygen atoms in total. The van der Waals surface area contributed by atoms with Crippen LogP contribution in [-0.2, 0) is 17.8 Å². The third-order valence-electron chi connectivity index (χ3n) is 4.61. The molecule has 0 unspecified atom stereocenters. The number of benzene rings is 1. The van der Waals surface area contributed by atoms with E-state index in [1.165, 1.54) is 18.3 Å². The van der Waals surface area contributed by atoms with Crippen molar-refractivity contribution in [2.75, 3.05) is 11.9 Å². The minimum atomic E-state index is -0.560. The van der Waals surface area contributed by atoms with Gasteiger partial charge in [-0.2, -0.15) is 0 Å². The summed E-state index contributed by atoms with van der Waals surface area (Å²) in [5, 5.41) is 3.31. The van der Waals surface area contributed by atoms with Crippen LogP contribution in [0.2, 0.25) is 0 Å². The van der Waals surface area contributed by atoms with Crippen LogP contribution in [0.5, 0.6) is 0 Å². The lowest BCUT2D eigenvalue weighted by atomic mass is 10.0. The van der Waals surface area contributed by atoms with E-state index in [4.69, 9.17) is 5.73 Å². The lowest BCUT2D eigenvalue weighted by molar-refractivity contribution is -0.129. The molecular formula is C19H21N3O3S. The highest BCUT2D eigenvalue weighted by molar-refractivity contribution is 7.17. The summed E-state index contributed by atoms with van der Waals surface area (Å²) in [6.45, 7) is 6.30. The summed E-state index contributed by atoms with van der Waals surface area (Å²) in [6.07, 6.45) is 0.559. The van der Waals surface area contributed by atoms with Crippen molar-refractivity contribution in [3.8, 4) is 0 Å². The summed E-state index contributed by atoms with van der Waals surface area (Å²) >= 11 is 1.32. The number of fused-ring (bicyclic) bond motifs is 1. The van der Waals surface area contributed by atoms with Gasteiger partial charge >= 0.3 is 0 Å². The quantitative estimate of drug-likeness (QED) is 0.869. The number of nitrogens with two attached hydrogens (primary N) is 1. The van der Waals surface area contributed by atoms with Crippen molar-refractivity contribution in [1.82, 2.24) is 4.90 Å². The molecule has 2 heterocycles. The van der Waals surface area contributed by atoms with Crippen LogP contribution in [0.15, 0.2) is 18.2 Å². The SMILES string of the molecule is CC(=O)N1CCc2c(sc(NC(=O)c3cc(C)ccc3C)c2C(N)=O)C1. The molecule has 3 amide bonds. The summed E-state index contributed by atoms with van der Waals surface area (Å²) in [5.41, 5.74) is 9.20. The predicted octanol–water partition coefficient (Wildman–Crippen LogP) is 2.62. The van der Waals surface area contributed by atoms with Gasteiger partial charge < -0.3 is 16.0 Å². The summed E-state index contributed by atoms with van der Waals surface area (Å²) in [7, 11) is 0. The van der Waals surface area contributed by atoms with E-state index in [-0.39, 0.29) is 11.8 Å². The Morgan fingerprint density at radius 2 is 1.96 bits per heavy atom. The van der Waals surface area contributed by atoms with Crippen molar-refractivity contribution >= 4 is 34.1 Å². The van der Waals surface area contributed by atoms with Crippen LogP contribution in [-0.4, -0.2) is 29.2 Å². The van der Waals surface area contributed by atoms with Crippen molar-refractivity contribution in [1.29, 1.82) is 0 Å². The molecule has 1 aliphatic heterocycles. The zero-order valence-corrected chi connectivity index (χ0v) is 15.8. The molecule has 1 aromatic heterocycles. The lowest BCUT2D eigenvalue weighted by Gasteiger charge is -2.25. The van der Waals surface area contributed by atoms with Crippen LogP contribution in [0.25, 0.3) is 0 Å². The summed E-state index contributed by atoms with van der Waals surface area (Å²) < 4.78 is 0. The van der Waals surface area contributed by atoms with Crippen molar-refractivity contribution in [3.05, 3.63) is 50.9 Å². The van der Waals surface area contributed by atoms with E-state index in [1.54, 1.807) is 4.90 Å². The molecular weight excluding hydrogens is 350 g/mol. The first-order valence-electron chi connectivity index (χ1n) is 8.36. The maximum Gasteiger partial charge on any atom is 0.256 e. The second kappa shape index (κ2) is 6.92. The second-order valence-corrected chi connectivity index (χ2v) is 7.64. The van der Waals surface area contributed by atoms with Gasteiger partial charge in [-0.15, -0.1) is 11.3 Å². The first-order valence-corrected chi connectivity index (χ1v) is 9.18. The van der Waals surface area contributed by atoms with E-state index in [0.717, 1.165) is 21.6 Å². The Hall–Kier alpha value is -2.67. The van der Waals surface area contributed by atoms with Gasteiger partial charge in [-0.3, -0.25) is 14.4 Å². The van der Waals surface area contributed by atoms with Gasteiger partial charge in [0.05, 0.1) is 12.1 Å². The third kappa shape index (κ3) is 3.35. The predicted molar refractivity (Wildman–Crippen MR) is 102 cm³/mol. The van der Waals surface area contributed by atoms with Gasteiger partial charge in [-0.05, 0) is 37.5 Å². The highest BCUT2D eigenvalue weighted by Crippen LogP contribution is 2.37. The first kappa shape index (κ1) is 18.1. The fourth-order valence-corrected chi connectivity index (χ4v) is 4.44. The van der Waals surface area contributed by atoms with Crippen LogP contribution >= 0.6 is 11.3 Å². The molecule has 136 valence electrons. The number of hydrogen-bond donors (Lipinski definition) is 2. The van der Waals surface area contributed by atoms with E-state index in [9.17, 15) is 14.4 Å². The van der Waals surface area contributed by atoms with E-state index in [1.807, 2.05) is 32.0 Å². The number of carbonyl (C=O) groups excluding carboxylic acids is 3. The number of nitrogens with zero attached hydrogens (tertiary/aromatic N) is 1. The van der Waals surface area contributed by atoms with Crippen LogP contribution in [0.4, 0.5) is 5.00 Å². The Kier molecular flexibility index (Phi) is 4.82. The highest BCUT2D eigenvalue weighted by Gasteiger charge is 2.28. The number of aryl methyl sites for hydroxylation is 2. The standard InChI is InChI=1S/C19H21N3O3S/c1-10-4-5-11(2)14(8-10)18(25)21-19-16(17(20)24)13-6-7-22(12(3)23)9-15(13)26-19/h4-5,8H,6-7,9H2,1-3H3,(H2,20,24)(H,21,25). The Morgan fingerprint density at radius 1 is 1.23 bits per heavy atom. The van der Waals surface area contributed by atoms with E-state index >= 15 is 0 Å². The summed E-state index contributed by atoms with van der Waals surface area (Å²) in [4.78, 5) is 39.0. The normalized spacial score (nSPS) is 13.3. The Morgan fingerprint density at radius 3 is 2.62 bits per heavy atom. The monoisotopic (exact) mass is 371 g/mol. The lowest BCUT2D eigenvalue weighted by Crippen LogP contribution is -2.34. The van der Waals surface area contributed by atoms with Crippen LogP contribution in [0, 0.1) is 13.8 Å². The molecule has 3 rings (SSSR count). The van der Waals surface area contributed by atoms with Crippen molar-refractivity contribution in [3.63, 3.8) is 0 Å². The molecule has 0 radical (unpaired) electrons. The molecule has 0 spiro atoms. The molecule has 0 saturated heterocycles. The van der Waals surface area contributed by atoms with Gasteiger partial charge in [0, 0.05) is 23.9 Å². The second-order valence-electron chi connectivity index (χ2n) is 6.54. The largest absolute Gasteiger partial charge is 0.365 e. The number of thiophene rings is 1. The maximum atomic E-state index is 12.7. The van der Waals surface area contributed by atoms with Crippen LogP contribution in [0.1, 0.15) is 49.2 Å². The van der Waals surface area contributed by atoms with Gasteiger partial charge in [-0.1, -0.05) is 17.7 Å². The molecule has 26 heavy (non-hydrogen) atoms. The number of rotatable bonds is 3. The van der Waals surface area contributed by atoms with Gasteiger partial charge in [0.25, 0.3) is 11.8 Å². The molecule has 0 bridgehead atoms. The molecule has 0 saturated carbocycles. The van der Waals surface area contributed by atoms with Gasteiger partial charge in [0.1, 0.15) is 5.00 Å². The Balaban J connectivity index is 1.95. The minimum Gasteiger partial charge on any atom is -0.365 e. The molecule has 0 fully saturated rings. The Bertz CT molecular complexity index is 917. The summed E-state index contributed by atoms with van der Waals surface area (Å²) in [5.74, 6) is -0.837. The topological polar surface area (TPSA) is 92.5 Å². The van der Waals surface area contributed by atoms with Gasteiger partial charge in [0.2, 0.25) is 5.91 Å². The van der Waals surface area contributed by atoms with Crippen molar-refractivity contribution < 1.29 is 14.4 Å². The van der Waals surface area contributed by atoms with E-state index < -0.39 is 5.91 Å². The van der Waals surface area contributed by atoms with Gasteiger partial charge in [0.15, 0.2) is 0 Å². The van der Waals surface area contributed by atoms with Crippen LogP contribution < -0.4 is 11.1 Å². The number of amides is 3. The molecule has 7 heteroatoms.